The third-order valence-corrected chi connectivity index (χ3v) is 4.87. The van der Waals surface area contributed by atoms with E-state index in [-0.39, 0.29) is 11.7 Å². The predicted molar refractivity (Wildman–Crippen MR) is 108 cm³/mol. The maximum absolute atomic E-state index is 12.0. The van der Waals surface area contributed by atoms with E-state index in [9.17, 15) is 4.79 Å². The zero-order valence-corrected chi connectivity index (χ0v) is 15.6. The van der Waals surface area contributed by atoms with Gasteiger partial charge >= 0.3 is 5.91 Å². The molecule has 28 heavy (non-hydrogen) atoms. The number of amides is 1. The molecule has 1 amide bonds. The molecule has 2 aromatic rings. The Morgan fingerprint density at radius 3 is 2.64 bits per heavy atom. The number of furan rings is 1. The Bertz CT molecular complexity index is 892. The number of allylic oxidation sites excluding steroid dienone is 2. The molecule has 0 atom stereocenters. The van der Waals surface area contributed by atoms with Gasteiger partial charge in [-0.05, 0) is 47.8 Å². The summed E-state index contributed by atoms with van der Waals surface area (Å²) in [4.78, 5) is 14.4. The van der Waals surface area contributed by atoms with Crippen LogP contribution in [0.3, 0.4) is 0 Å². The van der Waals surface area contributed by atoms with E-state index in [1.807, 2.05) is 18.2 Å². The first-order valence-electron chi connectivity index (χ1n) is 9.50. The molecule has 6 nitrogen and oxygen atoms in total. The molecule has 144 valence electrons. The Balaban J connectivity index is 1.57. The average molecular weight is 377 g/mol. The second-order valence-corrected chi connectivity index (χ2v) is 6.73. The van der Waals surface area contributed by atoms with Crippen LogP contribution < -0.4 is 5.43 Å². The average Bonchev–Trinajstić information content (AvgIpc) is 3.40. The lowest BCUT2D eigenvalue weighted by atomic mass is 10.1. The van der Waals surface area contributed by atoms with Gasteiger partial charge in [0.05, 0.1) is 25.7 Å². The van der Waals surface area contributed by atoms with Crippen molar-refractivity contribution in [2.75, 3.05) is 26.3 Å². The third-order valence-electron chi connectivity index (χ3n) is 4.87. The first kappa shape index (κ1) is 18.3. The molecule has 0 bridgehead atoms. The van der Waals surface area contributed by atoms with Gasteiger partial charge in [0.15, 0.2) is 5.76 Å². The van der Waals surface area contributed by atoms with Crippen LogP contribution in [0.4, 0.5) is 0 Å². The Morgan fingerprint density at radius 1 is 1.07 bits per heavy atom. The minimum Gasteiger partial charge on any atom is -0.459 e. The van der Waals surface area contributed by atoms with Crippen LogP contribution in [0, 0.1) is 0 Å². The lowest BCUT2D eigenvalue weighted by molar-refractivity contribution is 0.0548. The molecule has 0 unspecified atom stereocenters. The van der Waals surface area contributed by atoms with Crippen LogP contribution in [0.5, 0.6) is 0 Å². The fourth-order valence-electron chi connectivity index (χ4n) is 3.55. The van der Waals surface area contributed by atoms with Crippen molar-refractivity contribution in [3.63, 3.8) is 0 Å². The lowest BCUT2D eigenvalue weighted by Gasteiger charge is -2.31. The molecule has 1 saturated heterocycles. The summed E-state index contributed by atoms with van der Waals surface area (Å²) in [6, 6.07) is 13.6. The maximum atomic E-state index is 12.0. The number of carbonyl (C=O) groups is 1. The molecule has 2 heterocycles. The van der Waals surface area contributed by atoms with Gasteiger partial charge in [-0.1, -0.05) is 30.3 Å². The zero-order valence-electron chi connectivity index (χ0n) is 15.6. The Hall–Kier alpha value is -3.12. The predicted octanol–water partition coefficient (Wildman–Crippen LogP) is 3.46. The number of hydrogen-bond acceptors (Lipinski definition) is 5. The summed E-state index contributed by atoms with van der Waals surface area (Å²) in [6.45, 7) is 3.17. The van der Waals surface area contributed by atoms with Crippen molar-refractivity contribution in [2.24, 2.45) is 5.10 Å². The third kappa shape index (κ3) is 4.23. The van der Waals surface area contributed by atoms with Crippen LogP contribution >= 0.6 is 0 Å². The second-order valence-electron chi connectivity index (χ2n) is 6.73. The molecule has 1 N–H and O–H groups in total. The molecular formula is C22H23N3O3. The molecule has 0 saturated carbocycles. The molecule has 6 heteroatoms. The van der Waals surface area contributed by atoms with Crippen molar-refractivity contribution in [3.8, 4) is 0 Å². The van der Waals surface area contributed by atoms with E-state index < -0.39 is 0 Å². The van der Waals surface area contributed by atoms with E-state index in [0.717, 1.165) is 44.7 Å². The molecule has 1 fully saturated rings. The van der Waals surface area contributed by atoms with Gasteiger partial charge in [-0.15, -0.1) is 0 Å². The number of rotatable bonds is 5. The molecule has 0 spiro atoms. The number of morpholine rings is 1. The van der Waals surface area contributed by atoms with Crippen molar-refractivity contribution >= 4 is 18.2 Å². The van der Waals surface area contributed by atoms with E-state index in [2.05, 4.69) is 33.6 Å². The molecule has 1 aliphatic carbocycles. The van der Waals surface area contributed by atoms with Crippen molar-refractivity contribution < 1.29 is 13.9 Å². The van der Waals surface area contributed by atoms with E-state index >= 15 is 0 Å². The van der Waals surface area contributed by atoms with E-state index in [1.165, 1.54) is 23.1 Å². The fourth-order valence-corrected chi connectivity index (χ4v) is 3.55. The first-order valence-corrected chi connectivity index (χ1v) is 9.50. The van der Waals surface area contributed by atoms with Gasteiger partial charge in [0.25, 0.3) is 0 Å². The normalized spacial score (nSPS) is 19.0. The number of hydrogen-bond donors (Lipinski definition) is 1. The second kappa shape index (κ2) is 8.71. The Labute approximate surface area is 164 Å². The van der Waals surface area contributed by atoms with Crippen LogP contribution in [0.1, 0.15) is 29.0 Å². The topological polar surface area (TPSA) is 67.1 Å². The molecule has 2 aliphatic rings. The number of hydrazone groups is 1. The van der Waals surface area contributed by atoms with Crippen molar-refractivity contribution in [1.29, 1.82) is 0 Å². The zero-order chi connectivity index (χ0) is 19.2. The number of ether oxygens (including phenoxy) is 1. The number of nitrogens with one attached hydrogen (secondary N) is 1. The summed E-state index contributed by atoms with van der Waals surface area (Å²) in [5, 5.41) is 4.17. The van der Waals surface area contributed by atoms with Crippen LogP contribution in [0.15, 0.2) is 75.1 Å². The maximum Gasteiger partial charge on any atom is 0.307 e. The van der Waals surface area contributed by atoms with E-state index in [4.69, 9.17) is 9.15 Å². The molecule has 1 aliphatic heterocycles. The van der Waals surface area contributed by atoms with Crippen LogP contribution in [0.2, 0.25) is 0 Å². The van der Waals surface area contributed by atoms with Crippen LogP contribution in [-0.4, -0.2) is 43.3 Å². The smallest absolute Gasteiger partial charge is 0.307 e. The minimum atomic E-state index is -0.354. The van der Waals surface area contributed by atoms with Crippen molar-refractivity contribution in [3.05, 3.63) is 76.9 Å². The van der Waals surface area contributed by atoms with Crippen LogP contribution in [-0.2, 0) is 4.74 Å². The molecule has 0 radical (unpaired) electrons. The Morgan fingerprint density at radius 2 is 1.89 bits per heavy atom. The summed E-state index contributed by atoms with van der Waals surface area (Å²) in [7, 11) is 0. The van der Waals surface area contributed by atoms with E-state index in [0.29, 0.717) is 0 Å². The summed E-state index contributed by atoms with van der Waals surface area (Å²) >= 11 is 0. The summed E-state index contributed by atoms with van der Waals surface area (Å²) in [5.41, 5.74) is 7.37. The van der Waals surface area contributed by atoms with Crippen LogP contribution in [0.25, 0.3) is 6.08 Å². The van der Waals surface area contributed by atoms with Crippen molar-refractivity contribution in [2.45, 2.75) is 12.8 Å². The standard InChI is InChI=1S/C22H23N3O3/c26-22(20-7-4-12-28-20)24-23-16-19-9-8-18(15-17-5-2-1-3-6-17)21(19)25-10-13-27-14-11-25/h1-7,12,15-16H,8-11,13-14H2,(H,24,26)/b18-15+,23-16+. The highest BCUT2D eigenvalue weighted by atomic mass is 16.5. The number of benzene rings is 1. The highest BCUT2D eigenvalue weighted by Gasteiger charge is 2.25. The minimum absolute atomic E-state index is 0.246. The monoisotopic (exact) mass is 377 g/mol. The number of carbonyl (C=O) groups excluding carboxylic acids is 1. The van der Waals surface area contributed by atoms with Gasteiger partial charge < -0.3 is 14.1 Å². The Kier molecular flexibility index (Phi) is 5.68. The molecule has 1 aromatic heterocycles. The highest BCUT2D eigenvalue weighted by molar-refractivity contribution is 5.92. The molecular weight excluding hydrogens is 354 g/mol. The van der Waals surface area contributed by atoms with Gasteiger partial charge in [0, 0.05) is 18.8 Å². The summed E-state index contributed by atoms with van der Waals surface area (Å²) < 4.78 is 10.6. The number of nitrogens with zero attached hydrogens (tertiary/aromatic N) is 2. The van der Waals surface area contributed by atoms with Gasteiger partial charge in [0.1, 0.15) is 0 Å². The van der Waals surface area contributed by atoms with E-state index in [1.54, 1.807) is 18.3 Å². The van der Waals surface area contributed by atoms with Gasteiger partial charge in [-0.2, -0.15) is 5.10 Å². The highest BCUT2D eigenvalue weighted by Crippen LogP contribution is 2.34. The molecule has 1 aromatic carbocycles. The molecule has 4 rings (SSSR count). The summed E-state index contributed by atoms with van der Waals surface area (Å²) in [5.74, 6) is -0.108. The van der Waals surface area contributed by atoms with Gasteiger partial charge in [-0.25, -0.2) is 5.43 Å². The fraction of sp³-hybridized carbons (Fsp3) is 0.273. The SMILES string of the molecule is O=C(N/N=C/C1=C(N2CCOCC2)C(=C/c2ccccc2)/CC1)c1ccco1. The lowest BCUT2D eigenvalue weighted by Crippen LogP contribution is -2.36. The summed E-state index contributed by atoms with van der Waals surface area (Å²) in [6.07, 6.45) is 7.32. The van der Waals surface area contributed by atoms with Gasteiger partial charge in [-0.3, -0.25) is 4.79 Å². The first-order chi connectivity index (χ1) is 13.8. The van der Waals surface area contributed by atoms with Gasteiger partial charge in [0.2, 0.25) is 0 Å². The van der Waals surface area contributed by atoms with Crippen molar-refractivity contribution in [1.82, 2.24) is 10.3 Å². The quantitative estimate of drug-likeness (QED) is 0.640. The largest absolute Gasteiger partial charge is 0.459 e.